The number of hydrogen-bond donors (Lipinski definition) is 3. The number of amidine groups is 1. The highest BCUT2D eigenvalue weighted by Gasteiger charge is 2.16. The van der Waals surface area contributed by atoms with Gasteiger partial charge in [-0.15, -0.1) is 12.8 Å². The molecule has 0 unspecified atom stereocenters. The van der Waals surface area contributed by atoms with Gasteiger partial charge in [0.25, 0.3) is 11.8 Å². The number of likely N-dealkylation sites (N-methyl/N-ethyl adjacent to an activating group) is 2. The number of benzene rings is 3. The van der Waals surface area contributed by atoms with E-state index in [9.17, 15) is 9.59 Å². The third kappa shape index (κ3) is 7.08. The van der Waals surface area contributed by atoms with Gasteiger partial charge in [-0.05, 0) is 68.7 Å². The van der Waals surface area contributed by atoms with E-state index >= 15 is 0 Å². The zero-order valence-electron chi connectivity index (χ0n) is 21.1. The van der Waals surface area contributed by atoms with Crippen molar-refractivity contribution in [2.24, 2.45) is 0 Å². The fraction of sp³-hybridized carbons (Fsp3) is 0.167. The van der Waals surface area contributed by atoms with Crippen LogP contribution in [-0.4, -0.2) is 61.7 Å². The van der Waals surface area contributed by atoms with Gasteiger partial charge in [0.15, 0.2) is 0 Å². The highest BCUT2D eigenvalue weighted by Crippen LogP contribution is 2.21. The number of carbonyl (C=O) groups excluding carboxylic acids is 2. The lowest BCUT2D eigenvalue weighted by Crippen LogP contribution is -2.33. The number of carbonyl (C=O) groups is 2. The summed E-state index contributed by atoms with van der Waals surface area (Å²) in [5, 5.41) is 14.0. The molecule has 3 aromatic rings. The summed E-state index contributed by atoms with van der Waals surface area (Å²) in [7, 11) is 5.83. The third-order valence-electron chi connectivity index (χ3n) is 5.67. The molecule has 7 heteroatoms. The summed E-state index contributed by atoms with van der Waals surface area (Å²) in [6, 6.07) is 18.4. The van der Waals surface area contributed by atoms with E-state index in [0.29, 0.717) is 46.0 Å². The van der Waals surface area contributed by atoms with Crippen LogP contribution in [0, 0.1) is 30.1 Å². The van der Waals surface area contributed by atoms with Gasteiger partial charge < -0.3 is 20.4 Å². The van der Waals surface area contributed by atoms with Gasteiger partial charge in [0.2, 0.25) is 0 Å². The van der Waals surface area contributed by atoms with Crippen molar-refractivity contribution in [3.8, 4) is 24.7 Å². The Morgan fingerprint density at radius 3 is 1.97 bits per heavy atom. The lowest BCUT2D eigenvalue weighted by Gasteiger charge is -2.22. The molecular weight excluding hydrogens is 462 g/mol. The summed E-state index contributed by atoms with van der Waals surface area (Å²) in [6.45, 7) is 1.53. The lowest BCUT2D eigenvalue weighted by molar-refractivity contribution is 0.102. The van der Waals surface area contributed by atoms with Crippen molar-refractivity contribution in [3.05, 3.63) is 94.5 Å². The largest absolute Gasteiger partial charge is 0.358 e. The zero-order valence-corrected chi connectivity index (χ0v) is 21.1. The first-order chi connectivity index (χ1) is 17.7. The Morgan fingerprint density at radius 1 is 0.784 bits per heavy atom. The van der Waals surface area contributed by atoms with E-state index in [0.717, 1.165) is 6.54 Å². The summed E-state index contributed by atoms with van der Waals surface area (Å²) in [6.07, 6.45) is 10.9. The van der Waals surface area contributed by atoms with Gasteiger partial charge >= 0.3 is 0 Å². The minimum Gasteiger partial charge on any atom is -0.358 e. The molecule has 0 aliphatic rings. The number of rotatable bonds is 8. The molecule has 186 valence electrons. The average Bonchev–Trinajstić information content (AvgIpc) is 2.91. The van der Waals surface area contributed by atoms with Crippen LogP contribution in [0.1, 0.15) is 37.4 Å². The van der Waals surface area contributed by atoms with Gasteiger partial charge in [-0.1, -0.05) is 24.0 Å². The molecule has 0 spiro atoms. The SMILES string of the molecule is C#Cc1ccc(NC(=O)c2cc(C#C)ccc2NC(=O)c2ccc(C(=N)N(C)CCN(C)C)cc2)cc1. The van der Waals surface area contributed by atoms with Crippen LogP contribution < -0.4 is 10.6 Å². The minimum atomic E-state index is -0.426. The molecule has 2 amide bonds. The van der Waals surface area contributed by atoms with Crippen LogP contribution in [0.25, 0.3) is 0 Å². The second kappa shape index (κ2) is 12.2. The Hall–Kier alpha value is -4.85. The molecule has 0 saturated carbocycles. The maximum Gasteiger partial charge on any atom is 0.257 e. The van der Waals surface area contributed by atoms with E-state index in [2.05, 4.69) is 27.4 Å². The monoisotopic (exact) mass is 491 g/mol. The standard InChI is InChI=1S/C30H29N5O2/c1-6-21-8-15-25(16-9-21)32-30(37)26-20-22(7-2)10-17-27(26)33-29(36)24-13-11-23(12-14-24)28(31)35(5)19-18-34(3)4/h1-2,8-17,20,31H,18-19H2,3-5H3,(H,32,37)(H,33,36). The number of nitrogens with zero attached hydrogens (tertiary/aromatic N) is 2. The first-order valence-corrected chi connectivity index (χ1v) is 11.6. The number of anilines is 2. The molecule has 0 fully saturated rings. The second-order valence-electron chi connectivity index (χ2n) is 8.69. The van der Waals surface area contributed by atoms with Crippen molar-refractivity contribution in [2.75, 3.05) is 44.9 Å². The Bertz CT molecular complexity index is 1380. The van der Waals surface area contributed by atoms with E-state index in [1.807, 2.05) is 26.0 Å². The zero-order chi connectivity index (χ0) is 26.9. The summed E-state index contributed by atoms with van der Waals surface area (Å²) in [5.41, 5.74) is 3.40. The average molecular weight is 492 g/mol. The van der Waals surface area contributed by atoms with Crippen LogP contribution in [0.5, 0.6) is 0 Å². The predicted octanol–water partition coefficient (Wildman–Crippen LogP) is 3.97. The van der Waals surface area contributed by atoms with Crippen LogP contribution in [0.3, 0.4) is 0 Å². The molecule has 7 nitrogen and oxygen atoms in total. The molecule has 3 N–H and O–H groups in total. The second-order valence-corrected chi connectivity index (χ2v) is 8.69. The summed E-state index contributed by atoms with van der Waals surface area (Å²) in [5.74, 6) is 4.59. The molecule has 0 aromatic heterocycles. The third-order valence-corrected chi connectivity index (χ3v) is 5.67. The molecule has 0 saturated heterocycles. The van der Waals surface area contributed by atoms with E-state index < -0.39 is 5.91 Å². The molecule has 3 rings (SSSR count). The van der Waals surface area contributed by atoms with Crippen molar-refractivity contribution in [1.29, 1.82) is 5.41 Å². The van der Waals surface area contributed by atoms with E-state index in [1.54, 1.807) is 66.7 Å². The van der Waals surface area contributed by atoms with E-state index in [1.165, 1.54) is 0 Å². The summed E-state index contributed by atoms with van der Waals surface area (Å²) in [4.78, 5) is 30.0. The van der Waals surface area contributed by atoms with Gasteiger partial charge in [-0.2, -0.15) is 0 Å². The van der Waals surface area contributed by atoms with Crippen molar-refractivity contribution in [2.45, 2.75) is 0 Å². The maximum absolute atomic E-state index is 13.1. The molecule has 0 heterocycles. The highest BCUT2D eigenvalue weighted by molar-refractivity contribution is 6.13. The molecule has 3 aromatic carbocycles. The smallest absolute Gasteiger partial charge is 0.257 e. The number of terminal acetylenes is 2. The van der Waals surface area contributed by atoms with E-state index in [4.69, 9.17) is 18.3 Å². The molecule has 0 atom stereocenters. The normalized spacial score (nSPS) is 10.2. The minimum absolute atomic E-state index is 0.228. The van der Waals surface area contributed by atoms with Gasteiger partial charge in [-0.25, -0.2) is 0 Å². The van der Waals surface area contributed by atoms with Crippen LogP contribution in [0.2, 0.25) is 0 Å². The van der Waals surface area contributed by atoms with Crippen LogP contribution in [-0.2, 0) is 0 Å². The quantitative estimate of drug-likeness (QED) is 0.253. The highest BCUT2D eigenvalue weighted by atomic mass is 16.2. The lowest BCUT2D eigenvalue weighted by atomic mass is 10.1. The van der Waals surface area contributed by atoms with Gasteiger partial charge in [-0.3, -0.25) is 15.0 Å². The summed E-state index contributed by atoms with van der Waals surface area (Å²) < 4.78 is 0. The predicted molar refractivity (Wildman–Crippen MR) is 149 cm³/mol. The Balaban J connectivity index is 1.76. The topological polar surface area (TPSA) is 88.5 Å². The van der Waals surface area contributed by atoms with E-state index in [-0.39, 0.29) is 11.5 Å². The van der Waals surface area contributed by atoms with Crippen LogP contribution >= 0.6 is 0 Å². The van der Waals surface area contributed by atoms with Crippen LogP contribution in [0.15, 0.2) is 66.7 Å². The first-order valence-electron chi connectivity index (χ1n) is 11.6. The number of amides is 2. The van der Waals surface area contributed by atoms with Gasteiger partial charge in [0, 0.05) is 48.1 Å². The van der Waals surface area contributed by atoms with Gasteiger partial charge in [0.05, 0.1) is 11.3 Å². The van der Waals surface area contributed by atoms with Gasteiger partial charge in [0.1, 0.15) is 5.84 Å². The number of nitrogens with one attached hydrogen (secondary N) is 3. The molecule has 37 heavy (non-hydrogen) atoms. The molecular formula is C30H29N5O2. The maximum atomic E-state index is 13.1. The fourth-order valence-electron chi connectivity index (χ4n) is 3.44. The molecule has 0 aliphatic heterocycles. The van der Waals surface area contributed by atoms with Crippen molar-refractivity contribution in [1.82, 2.24) is 9.80 Å². The summed E-state index contributed by atoms with van der Waals surface area (Å²) >= 11 is 0. The molecule has 0 radical (unpaired) electrons. The number of hydrogen-bond acceptors (Lipinski definition) is 4. The fourth-order valence-corrected chi connectivity index (χ4v) is 3.44. The Labute approximate surface area is 218 Å². The Kier molecular flexibility index (Phi) is 8.83. The first kappa shape index (κ1) is 26.7. The van der Waals surface area contributed by atoms with Crippen LogP contribution in [0.4, 0.5) is 11.4 Å². The molecule has 0 aliphatic carbocycles. The van der Waals surface area contributed by atoms with Crippen molar-refractivity contribution >= 4 is 29.0 Å². The van der Waals surface area contributed by atoms with Crippen molar-refractivity contribution in [3.63, 3.8) is 0 Å². The molecule has 0 bridgehead atoms. The Morgan fingerprint density at radius 2 is 1.38 bits per heavy atom. The van der Waals surface area contributed by atoms with Crippen molar-refractivity contribution < 1.29 is 9.59 Å².